The topological polar surface area (TPSA) is 28.2 Å². The van der Waals surface area contributed by atoms with E-state index in [9.17, 15) is 0 Å². The number of aromatic nitrogens is 1. The summed E-state index contributed by atoms with van der Waals surface area (Å²) in [5.74, 6) is 0. The van der Waals surface area contributed by atoms with Crippen LogP contribution in [0.2, 0.25) is 0 Å². The van der Waals surface area contributed by atoms with E-state index in [0.29, 0.717) is 6.04 Å². The van der Waals surface area contributed by atoms with Gasteiger partial charge < -0.3 is 5.32 Å². The second-order valence-corrected chi connectivity index (χ2v) is 5.92. The molecule has 1 aromatic rings. The van der Waals surface area contributed by atoms with Crippen molar-refractivity contribution in [1.82, 2.24) is 15.2 Å². The number of rotatable bonds is 5. The number of aryl methyl sites for hydroxylation is 1. The molecule has 1 fully saturated rings. The first-order chi connectivity index (χ1) is 9.11. The summed E-state index contributed by atoms with van der Waals surface area (Å²) < 4.78 is 0. The van der Waals surface area contributed by atoms with Crippen LogP contribution in [0.15, 0.2) is 18.5 Å². The van der Waals surface area contributed by atoms with Crippen LogP contribution in [-0.4, -0.2) is 35.6 Å². The van der Waals surface area contributed by atoms with Crippen LogP contribution in [0.1, 0.15) is 50.3 Å². The summed E-state index contributed by atoms with van der Waals surface area (Å²) in [6.45, 7) is 9.25. The van der Waals surface area contributed by atoms with Crippen LogP contribution in [-0.2, 0) is 0 Å². The Hall–Kier alpha value is -0.930. The molecule has 0 radical (unpaired) electrons. The molecule has 3 heteroatoms. The highest BCUT2D eigenvalue weighted by atomic mass is 15.2. The molecule has 1 saturated heterocycles. The molecule has 0 bridgehead atoms. The third-order valence-corrected chi connectivity index (χ3v) is 4.68. The van der Waals surface area contributed by atoms with E-state index in [1.807, 2.05) is 12.4 Å². The Bertz CT molecular complexity index is 412. The quantitative estimate of drug-likeness (QED) is 0.883. The predicted molar refractivity (Wildman–Crippen MR) is 80.3 cm³/mol. The molecule has 2 heterocycles. The van der Waals surface area contributed by atoms with Crippen molar-refractivity contribution in [3.8, 4) is 0 Å². The van der Waals surface area contributed by atoms with Crippen molar-refractivity contribution in [1.29, 1.82) is 0 Å². The molecule has 0 aromatic carbocycles. The maximum absolute atomic E-state index is 4.37. The number of hydrogen-bond donors (Lipinski definition) is 1. The Labute approximate surface area is 117 Å². The lowest BCUT2D eigenvalue weighted by molar-refractivity contribution is 0.0871. The van der Waals surface area contributed by atoms with Crippen molar-refractivity contribution in [3.63, 3.8) is 0 Å². The molecule has 1 aromatic heterocycles. The molecular weight excluding hydrogens is 234 g/mol. The number of pyridine rings is 1. The average Bonchev–Trinajstić information content (AvgIpc) is 2.94. The molecule has 106 valence electrons. The van der Waals surface area contributed by atoms with E-state index >= 15 is 0 Å². The molecule has 2 unspecified atom stereocenters. The molecule has 19 heavy (non-hydrogen) atoms. The van der Waals surface area contributed by atoms with Crippen molar-refractivity contribution >= 4 is 0 Å². The zero-order valence-corrected chi connectivity index (χ0v) is 12.7. The number of nitrogens with zero attached hydrogens (tertiary/aromatic N) is 2. The zero-order valence-electron chi connectivity index (χ0n) is 12.7. The fourth-order valence-corrected chi connectivity index (χ4v) is 3.41. The lowest BCUT2D eigenvalue weighted by Gasteiger charge is -2.44. The SMILES string of the molecule is CCC(C)(C(NC)c1cncc(C)c1)N1CCCC1. The van der Waals surface area contributed by atoms with Gasteiger partial charge in [0, 0.05) is 17.9 Å². The molecule has 2 atom stereocenters. The van der Waals surface area contributed by atoms with Gasteiger partial charge in [-0.25, -0.2) is 0 Å². The van der Waals surface area contributed by atoms with Crippen LogP contribution in [0.4, 0.5) is 0 Å². The molecule has 0 amide bonds. The Morgan fingerprint density at radius 3 is 2.58 bits per heavy atom. The maximum Gasteiger partial charge on any atom is 0.0517 e. The zero-order chi connectivity index (χ0) is 13.9. The van der Waals surface area contributed by atoms with Gasteiger partial charge >= 0.3 is 0 Å². The smallest absolute Gasteiger partial charge is 0.0517 e. The highest BCUT2D eigenvalue weighted by Gasteiger charge is 2.39. The van der Waals surface area contributed by atoms with Gasteiger partial charge in [0.2, 0.25) is 0 Å². The van der Waals surface area contributed by atoms with Gasteiger partial charge in [0.25, 0.3) is 0 Å². The van der Waals surface area contributed by atoms with E-state index in [1.54, 1.807) is 0 Å². The Balaban J connectivity index is 2.32. The van der Waals surface area contributed by atoms with Gasteiger partial charge in [-0.1, -0.05) is 13.0 Å². The van der Waals surface area contributed by atoms with Crippen molar-refractivity contribution in [3.05, 3.63) is 29.6 Å². The molecule has 3 nitrogen and oxygen atoms in total. The van der Waals surface area contributed by atoms with Crippen LogP contribution in [0.3, 0.4) is 0 Å². The summed E-state index contributed by atoms with van der Waals surface area (Å²) >= 11 is 0. The van der Waals surface area contributed by atoms with Gasteiger partial charge in [0.05, 0.1) is 6.04 Å². The molecule has 1 aliphatic heterocycles. The highest BCUT2D eigenvalue weighted by molar-refractivity contribution is 5.24. The number of likely N-dealkylation sites (tertiary alicyclic amines) is 1. The largest absolute Gasteiger partial charge is 0.311 e. The molecule has 0 aliphatic carbocycles. The van der Waals surface area contributed by atoms with Crippen molar-refractivity contribution < 1.29 is 0 Å². The van der Waals surface area contributed by atoms with Gasteiger partial charge in [0.1, 0.15) is 0 Å². The van der Waals surface area contributed by atoms with Gasteiger partial charge in [-0.15, -0.1) is 0 Å². The fraction of sp³-hybridized carbons (Fsp3) is 0.688. The second kappa shape index (κ2) is 6.02. The minimum atomic E-state index is 0.167. The second-order valence-electron chi connectivity index (χ2n) is 5.92. The fourth-order valence-electron chi connectivity index (χ4n) is 3.41. The van der Waals surface area contributed by atoms with Gasteiger partial charge in [-0.3, -0.25) is 9.88 Å². The first kappa shape index (κ1) is 14.5. The third-order valence-electron chi connectivity index (χ3n) is 4.68. The summed E-state index contributed by atoms with van der Waals surface area (Å²) in [7, 11) is 2.07. The molecule has 1 aliphatic rings. The summed E-state index contributed by atoms with van der Waals surface area (Å²) in [6, 6.07) is 2.60. The van der Waals surface area contributed by atoms with Crippen molar-refractivity contribution in [2.45, 2.75) is 51.6 Å². The molecule has 0 saturated carbocycles. The minimum Gasteiger partial charge on any atom is -0.311 e. The van der Waals surface area contributed by atoms with Crippen LogP contribution in [0, 0.1) is 6.92 Å². The lowest BCUT2D eigenvalue weighted by Crippen LogP contribution is -2.52. The number of hydrogen-bond acceptors (Lipinski definition) is 3. The normalized spacial score (nSPS) is 21.3. The standard InChI is InChI=1S/C16H27N3/c1-5-16(3,19-8-6-7-9-19)15(17-4)14-10-13(2)11-18-12-14/h10-12,15,17H,5-9H2,1-4H3. The van der Waals surface area contributed by atoms with Crippen LogP contribution in [0.5, 0.6) is 0 Å². The summed E-state index contributed by atoms with van der Waals surface area (Å²) in [5.41, 5.74) is 2.71. The number of likely N-dealkylation sites (N-methyl/N-ethyl adjacent to an activating group) is 1. The summed E-state index contributed by atoms with van der Waals surface area (Å²) in [5, 5.41) is 3.53. The Kier molecular flexibility index (Phi) is 4.58. The van der Waals surface area contributed by atoms with Crippen molar-refractivity contribution in [2.75, 3.05) is 20.1 Å². The van der Waals surface area contributed by atoms with E-state index < -0.39 is 0 Å². The molecule has 2 rings (SSSR count). The van der Waals surface area contributed by atoms with E-state index in [1.165, 1.54) is 37.1 Å². The van der Waals surface area contributed by atoms with Gasteiger partial charge in [-0.05, 0) is 64.4 Å². The van der Waals surface area contributed by atoms with Gasteiger partial charge in [-0.2, -0.15) is 0 Å². The molecule has 1 N–H and O–H groups in total. The van der Waals surface area contributed by atoms with Crippen LogP contribution in [0.25, 0.3) is 0 Å². The van der Waals surface area contributed by atoms with Crippen molar-refractivity contribution in [2.24, 2.45) is 0 Å². The molecule has 0 spiro atoms. The van der Waals surface area contributed by atoms with Crippen LogP contribution < -0.4 is 5.32 Å². The first-order valence-corrected chi connectivity index (χ1v) is 7.45. The van der Waals surface area contributed by atoms with E-state index in [4.69, 9.17) is 0 Å². The maximum atomic E-state index is 4.37. The first-order valence-electron chi connectivity index (χ1n) is 7.45. The summed E-state index contributed by atoms with van der Waals surface area (Å²) in [4.78, 5) is 7.02. The highest BCUT2D eigenvalue weighted by Crippen LogP contribution is 2.36. The Morgan fingerprint density at radius 2 is 2.05 bits per heavy atom. The monoisotopic (exact) mass is 261 g/mol. The van der Waals surface area contributed by atoms with E-state index in [-0.39, 0.29) is 5.54 Å². The third kappa shape index (κ3) is 2.82. The Morgan fingerprint density at radius 1 is 1.37 bits per heavy atom. The predicted octanol–water partition coefficient (Wildman–Crippen LogP) is 2.92. The minimum absolute atomic E-state index is 0.167. The van der Waals surface area contributed by atoms with E-state index in [0.717, 1.165) is 6.42 Å². The average molecular weight is 261 g/mol. The van der Waals surface area contributed by atoms with E-state index in [2.05, 4.69) is 49.1 Å². The number of nitrogens with one attached hydrogen (secondary N) is 1. The molecular formula is C16H27N3. The lowest BCUT2D eigenvalue weighted by atomic mass is 9.83. The summed E-state index contributed by atoms with van der Waals surface area (Å²) in [6.07, 6.45) is 7.75. The van der Waals surface area contributed by atoms with Gasteiger partial charge in [0.15, 0.2) is 0 Å². The van der Waals surface area contributed by atoms with Crippen LogP contribution >= 0.6 is 0 Å².